The zero-order valence-electron chi connectivity index (χ0n) is 19.9. The molecule has 2 saturated carbocycles. The van der Waals surface area contributed by atoms with E-state index in [0.29, 0.717) is 37.4 Å². The molecule has 180 valence electrons. The summed E-state index contributed by atoms with van der Waals surface area (Å²) < 4.78 is 23.4. The fourth-order valence-corrected chi connectivity index (χ4v) is 5.47. The molecule has 1 heterocycles. The van der Waals surface area contributed by atoms with Crippen molar-refractivity contribution in [2.24, 2.45) is 5.92 Å². The van der Waals surface area contributed by atoms with Gasteiger partial charge in [-0.2, -0.15) is 0 Å². The van der Waals surface area contributed by atoms with E-state index in [-0.39, 0.29) is 5.97 Å². The molecule has 6 nitrogen and oxygen atoms in total. The van der Waals surface area contributed by atoms with Gasteiger partial charge in [0, 0.05) is 25.7 Å². The lowest BCUT2D eigenvalue weighted by atomic mass is 9.84. The number of carbonyl (C=O) groups is 1. The van der Waals surface area contributed by atoms with Crippen LogP contribution in [-0.2, 0) is 23.7 Å². The summed E-state index contributed by atoms with van der Waals surface area (Å²) in [5.74, 6) is 0.335. The van der Waals surface area contributed by atoms with Gasteiger partial charge in [-0.1, -0.05) is 26.2 Å². The number of morpholine rings is 1. The van der Waals surface area contributed by atoms with Gasteiger partial charge in [0.15, 0.2) is 6.10 Å². The molecular formula is C25H45NO5. The predicted octanol–water partition coefficient (Wildman–Crippen LogP) is 4.34. The Balaban J connectivity index is 1.34. The minimum Gasteiger partial charge on any atom is -0.464 e. The van der Waals surface area contributed by atoms with E-state index in [1.54, 1.807) is 0 Å². The first-order chi connectivity index (χ1) is 15.2. The molecule has 0 amide bonds. The average molecular weight is 440 g/mol. The highest BCUT2D eigenvalue weighted by atomic mass is 16.6. The van der Waals surface area contributed by atoms with Crippen LogP contribution in [0.15, 0.2) is 0 Å². The van der Waals surface area contributed by atoms with Crippen LogP contribution in [0.2, 0.25) is 0 Å². The summed E-state index contributed by atoms with van der Waals surface area (Å²) in [7, 11) is 0. The molecule has 1 saturated heterocycles. The topological polar surface area (TPSA) is 57.2 Å². The number of esters is 1. The minimum absolute atomic E-state index is 0.191. The van der Waals surface area contributed by atoms with Gasteiger partial charge in [-0.15, -0.1) is 0 Å². The molecule has 3 unspecified atom stereocenters. The summed E-state index contributed by atoms with van der Waals surface area (Å²) in [6.07, 6.45) is 12.8. The maximum Gasteiger partial charge on any atom is 0.335 e. The third-order valence-corrected chi connectivity index (χ3v) is 7.29. The Kier molecular flexibility index (Phi) is 11.1. The van der Waals surface area contributed by atoms with Gasteiger partial charge >= 0.3 is 5.97 Å². The number of hydrogen-bond donors (Lipinski definition) is 0. The molecule has 3 rings (SSSR count). The Morgan fingerprint density at radius 1 is 1.06 bits per heavy atom. The van der Waals surface area contributed by atoms with Crippen LogP contribution in [0.3, 0.4) is 0 Å². The van der Waals surface area contributed by atoms with E-state index in [4.69, 9.17) is 18.9 Å². The van der Waals surface area contributed by atoms with Crippen molar-refractivity contribution in [2.45, 2.75) is 109 Å². The molecule has 0 aromatic rings. The van der Waals surface area contributed by atoms with Gasteiger partial charge in [-0.05, 0) is 64.2 Å². The van der Waals surface area contributed by atoms with Crippen LogP contribution in [0.1, 0.15) is 84.5 Å². The second-order valence-electron chi connectivity index (χ2n) is 9.51. The van der Waals surface area contributed by atoms with Crippen LogP contribution in [0.5, 0.6) is 0 Å². The van der Waals surface area contributed by atoms with Gasteiger partial charge in [0.25, 0.3) is 0 Å². The second kappa shape index (κ2) is 13.8. The van der Waals surface area contributed by atoms with Crippen molar-refractivity contribution in [3.8, 4) is 0 Å². The van der Waals surface area contributed by atoms with Gasteiger partial charge in [0.05, 0.1) is 32.0 Å². The average Bonchev–Trinajstić information content (AvgIpc) is 2.80. The number of ether oxygens (including phenoxy) is 4. The van der Waals surface area contributed by atoms with Crippen LogP contribution in [0.4, 0.5) is 0 Å². The van der Waals surface area contributed by atoms with E-state index in [1.807, 2.05) is 6.92 Å². The van der Waals surface area contributed by atoms with Crippen LogP contribution >= 0.6 is 0 Å². The number of unbranched alkanes of at least 4 members (excludes halogenated alkanes) is 1. The monoisotopic (exact) mass is 439 g/mol. The number of fused-ring (bicyclic) bond motifs is 1. The molecule has 3 aliphatic rings. The van der Waals surface area contributed by atoms with Crippen molar-refractivity contribution in [3.63, 3.8) is 0 Å². The third-order valence-electron chi connectivity index (χ3n) is 7.29. The molecular weight excluding hydrogens is 394 g/mol. The number of carbonyl (C=O) groups excluding carboxylic acids is 1. The van der Waals surface area contributed by atoms with E-state index in [9.17, 15) is 4.79 Å². The third kappa shape index (κ3) is 7.99. The molecule has 31 heavy (non-hydrogen) atoms. The van der Waals surface area contributed by atoms with Gasteiger partial charge in [0.2, 0.25) is 0 Å². The van der Waals surface area contributed by atoms with Crippen LogP contribution in [0, 0.1) is 5.92 Å². The first-order valence-electron chi connectivity index (χ1n) is 13.0. The molecule has 0 radical (unpaired) electrons. The second-order valence-corrected chi connectivity index (χ2v) is 9.51. The highest BCUT2D eigenvalue weighted by Crippen LogP contribution is 2.31. The van der Waals surface area contributed by atoms with E-state index < -0.39 is 6.10 Å². The summed E-state index contributed by atoms with van der Waals surface area (Å²) in [4.78, 5) is 14.9. The number of nitrogens with zero attached hydrogens (tertiary/aromatic N) is 1. The van der Waals surface area contributed by atoms with Crippen LogP contribution < -0.4 is 0 Å². The van der Waals surface area contributed by atoms with Crippen LogP contribution in [0.25, 0.3) is 0 Å². The summed E-state index contributed by atoms with van der Waals surface area (Å²) in [6.45, 7) is 8.81. The standard InChI is InChI=1S/C25H45NO5/c1-3-5-16-30-24(25(27)28-4-2)19-20-10-12-21(13-11-20)29-17-14-26-15-18-31-23-9-7-6-8-22(23)26/h20-24H,3-19H2,1-2H3. The fraction of sp³-hybridized carbons (Fsp3) is 0.960. The van der Waals surface area contributed by atoms with Crippen molar-refractivity contribution >= 4 is 5.97 Å². The predicted molar refractivity (Wildman–Crippen MR) is 121 cm³/mol. The molecule has 0 bridgehead atoms. The first-order valence-corrected chi connectivity index (χ1v) is 13.0. The van der Waals surface area contributed by atoms with Gasteiger partial charge in [-0.3, -0.25) is 4.90 Å². The number of hydrogen-bond acceptors (Lipinski definition) is 6. The number of rotatable bonds is 12. The minimum atomic E-state index is -0.404. The molecule has 3 fully saturated rings. The first kappa shape index (κ1) is 24.9. The molecule has 0 spiro atoms. The maximum absolute atomic E-state index is 12.3. The van der Waals surface area contributed by atoms with E-state index in [2.05, 4.69) is 11.8 Å². The highest BCUT2D eigenvalue weighted by Gasteiger charge is 2.34. The van der Waals surface area contributed by atoms with Crippen molar-refractivity contribution in [1.29, 1.82) is 0 Å². The zero-order chi connectivity index (χ0) is 21.9. The summed E-state index contributed by atoms with van der Waals surface area (Å²) >= 11 is 0. The van der Waals surface area contributed by atoms with Crippen LogP contribution in [-0.4, -0.2) is 74.7 Å². The van der Waals surface area contributed by atoms with E-state index in [0.717, 1.165) is 71.2 Å². The maximum atomic E-state index is 12.3. The Hall–Kier alpha value is -0.690. The molecule has 2 aliphatic carbocycles. The lowest BCUT2D eigenvalue weighted by molar-refractivity contribution is -0.158. The smallest absolute Gasteiger partial charge is 0.335 e. The summed E-state index contributed by atoms with van der Waals surface area (Å²) in [5, 5.41) is 0. The largest absolute Gasteiger partial charge is 0.464 e. The molecule has 0 aromatic heterocycles. The van der Waals surface area contributed by atoms with Gasteiger partial charge in [-0.25, -0.2) is 4.79 Å². The molecule has 6 heteroatoms. The normalized spacial score (nSPS) is 30.5. The lowest BCUT2D eigenvalue weighted by Gasteiger charge is -2.44. The van der Waals surface area contributed by atoms with E-state index >= 15 is 0 Å². The van der Waals surface area contributed by atoms with Gasteiger partial charge < -0.3 is 18.9 Å². The highest BCUT2D eigenvalue weighted by molar-refractivity contribution is 5.74. The molecule has 0 N–H and O–H groups in total. The Bertz CT molecular complexity index is 506. The quantitative estimate of drug-likeness (QED) is 0.333. The van der Waals surface area contributed by atoms with Crippen molar-refractivity contribution in [2.75, 3.05) is 39.5 Å². The summed E-state index contributed by atoms with van der Waals surface area (Å²) in [5.41, 5.74) is 0. The summed E-state index contributed by atoms with van der Waals surface area (Å²) in [6, 6.07) is 0.606. The van der Waals surface area contributed by atoms with Crippen molar-refractivity contribution < 1.29 is 23.7 Å². The van der Waals surface area contributed by atoms with Crippen molar-refractivity contribution in [3.05, 3.63) is 0 Å². The zero-order valence-corrected chi connectivity index (χ0v) is 19.9. The van der Waals surface area contributed by atoms with Crippen molar-refractivity contribution in [1.82, 2.24) is 4.90 Å². The Morgan fingerprint density at radius 3 is 2.65 bits per heavy atom. The van der Waals surface area contributed by atoms with E-state index in [1.165, 1.54) is 25.7 Å². The lowest BCUT2D eigenvalue weighted by Crippen LogP contribution is -2.53. The SMILES string of the molecule is CCCCOC(CC1CCC(OCCN2CCOC3CCCCC32)CC1)C(=O)OCC. The molecule has 3 atom stereocenters. The molecule has 1 aliphatic heterocycles. The molecule has 0 aromatic carbocycles. The van der Waals surface area contributed by atoms with Gasteiger partial charge in [0.1, 0.15) is 0 Å². The Labute approximate surface area is 189 Å². The Morgan fingerprint density at radius 2 is 1.87 bits per heavy atom. The fourth-order valence-electron chi connectivity index (χ4n) is 5.47.